The maximum Gasteiger partial charge on any atom is 0.244 e. The lowest BCUT2D eigenvalue weighted by atomic mass is 10.3. The molecular weight excluding hydrogens is 450 g/mol. The molecule has 0 fully saturated rings. The Morgan fingerprint density at radius 3 is 2.13 bits per heavy atom. The van der Waals surface area contributed by atoms with Gasteiger partial charge in [0.05, 0.1) is 16.5 Å². The Morgan fingerprint density at radius 1 is 0.967 bits per heavy atom. The molecule has 0 bridgehead atoms. The molecule has 0 aliphatic carbocycles. The van der Waals surface area contributed by atoms with Gasteiger partial charge in [0, 0.05) is 25.8 Å². The lowest BCUT2D eigenvalue weighted by Crippen LogP contribution is -2.35. The number of halogens is 1. The van der Waals surface area contributed by atoms with Crippen LogP contribution in [0.5, 0.6) is 0 Å². The van der Waals surface area contributed by atoms with Gasteiger partial charge in [0.25, 0.3) is 0 Å². The second-order valence-electron chi connectivity index (χ2n) is 6.36. The summed E-state index contributed by atoms with van der Waals surface area (Å²) in [5, 5.41) is 2.56. The summed E-state index contributed by atoms with van der Waals surface area (Å²) in [6, 6.07) is 11.8. The lowest BCUT2D eigenvalue weighted by molar-refractivity contribution is -0.116. The van der Waals surface area contributed by atoms with Crippen LogP contribution >= 0.6 is 11.6 Å². The minimum atomic E-state index is -3.83. The third-order valence-corrected chi connectivity index (χ3v) is 8.70. The molecule has 0 aliphatic rings. The highest BCUT2D eigenvalue weighted by molar-refractivity contribution is 7.89. The zero-order valence-electron chi connectivity index (χ0n) is 16.9. The lowest BCUT2D eigenvalue weighted by Gasteiger charge is -2.20. The Balaban J connectivity index is 2.20. The van der Waals surface area contributed by atoms with Crippen molar-refractivity contribution in [2.24, 2.45) is 0 Å². The number of likely N-dealkylation sites (N-methyl/N-ethyl adjacent to an activating group) is 1. The van der Waals surface area contributed by atoms with Crippen molar-refractivity contribution in [2.75, 3.05) is 32.0 Å². The van der Waals surface area contributed by atoms with E-state index >= 15 is 0 Å². The molecule has 0 spiro atoms. The first-order valence-corrected chi connectivity index (χ1v) is 12.4. The molecule has 11 heteroatoms. The van der Waals surface area contributed by atoms with Crippen LogP contribution in [0.2, 0.25) is 5.02 Å². The number of anilines is 1. The van der Waals surface area contributed by atoms with E-state index in [1.54, 1.807) is 32.0 Å². The summed E-state index contributed by atoms with van der Waals surface area (Å²) in [7, 11) is -6.37. The normalized spacial score (nSPS) is 12.3. The second-order valence-corrected chi connectivity index (χ2v) is 10.7. The van der Waals surface area contributed by atoms with Gasteiger partial charge < -0.3 is 5.32 Å². The summed E-state index contributed by atoms with van der Waals surface area (Å²) in [5.41, 5.74) is 0.195. The molecule has 1 N–H and O–H groups in total. The van der Waals surface area contributed by atoms with E-state index in [2.05, 4.69) is 5.32 Å². The summed E-state index contributed by atoms with van der Waals surface area (Å²) < 4.78 is 52.8. The molecule has 0 aliphatic heterocycles. The average Bonchev–Trinajstić information content (AvgIpc) is 2.70. The van der Waals surface area contributed by atoms with Crippen LogP contribution in [-0.2, 0) is 24.8 Å². The van der Waals surface area contributed by atoms with Crippen molar-refractivity contribution in [1.82, 2.24) is 8.61 Å². The number of nitrogens with one attached hydrogen (secondary N) is 1. The largest absolute Gasteiger partial charge is 0.325 e. The van der Waals surface area contributed by atoms with E-state index < -0.39 is 32.5 Å². The molecule has 0 saturated heterocycles. The monoisotopic (exact) mass is 473 g/mol. The molecule has 2 rings (SSSR count). The molecule has 0 heterocycles. The fraction of sp³-hybridized carbons (Fsp3) is 0.316. The molecular formula is C19H24ClN3O5S2. The first kappa shape index (κ1) is 24.3. The van der Waals surface area contributed by atoms with Crippen LogP contribution < -0.4 is 5.32 Å². The molecule has 164 valence electrons. The van der Waals surface area contributed by atoms with Crippen molar-refractivity contribution >= 4 is 43.2 Å². The predicted molar refractivity (Wildman–Crippen MR) is 116 cm³/mol. The molecule has 0 atom stereocenters. The maximum atomic E-state index is 12.8. The summed E-state index contributed by atoms with van der Waals surface area (Å²) in [5.74, 6) is -0.620. The van der Waals surface area contributed by atoms with Gasteiger partial charge in [-0.2, -0.15) is 8.61 Å². The summed E-state index contributed by atoms with van der Waals surface area (Å²) in [6.07, 6.45) is 0. The first-order chi connectivity index (χ1) is 14.0. The molecule has 8 nitrogen and oxygen atoms in total. The van der Waals surface area contributed by atoms with E-state index in [0.29, 0.717) is 0 Å². The van der Waals surface area contributed by atoms with Gasteiger partial charge in [-0.15, -0.1) is 0 Å². The van der Waals surface area contributed by atoms with Crippen LogP contribution in [0.4, 0.5) is 5.69 Å². The highest BCUT2D eigenvalue weighted by Crippen LogP contribution is 2.27. The van der Waals surface area contributed by atoms with Gasteiger partial charge in [-0.05, 0) is 30.3 Å². The molecule has 30 heavy (non-hydrogen) atoms. The predicted octanol–water partition coefficient (Wildman–Crippen LogP) is 2.63. The minimum absolute atomic E-state index is 0.0312. The average molecular weight is 474 g/mol. The Kier molecular flexibility index (Phi) is 8.00. The van der Waals surface area contributed by atoms with Crippen molar-refractivity contribution in [1.29, 1.82) is 0 Å². The van der Waals surface area contributed by atoms with E-state index in [-0.39, 0.29) is 33.6 Å². The highest BCUT2D eigenvalue weighted by Gasteiger charge is 2.26. The second kappa shape index (κ2) is 9.88. The third kappa shape index (κ3) is 5.38. The van der Waals surface area contributed by atoms with E-state index in [1.165, 1.54) is 41.7 Å². The van der Waals surface area contributed by atoms with E-state index in [4.69, 9.17) is 11.6 Å². The standard InChI is InChI=1S/C19H24ClN3O5S2/c1-4-23(5-2)30(27,28)18-13-15(11-12-17(18)20)21-19(24)14-22(3)29(25,26)16-9-7-6-8-10-16/h6-13H,4-5,14H2,1-3H3,(H,21,24). The number of hydrogen-bond acceptors (Lipinski definition) is 5. The van der Waals surface area contributed by atoms with Gasteiger partial charge >= 0.3 is 0 Å². The Labute approximate surface area is 182 Å². The van der Waals surface area contributed by atoms with Crippen LogP contribution in [0.1, 0.15) is 13.8 Å². The Morgan fingerprint density at radius 2 is 1.57 bits per heavy atom. The smallest absolute Gasteiger partial charge is 0.244 e. The number of carbonyl (C=O) groups excluding carboxylic acids is 1. The number of hydrogen-bond donors (Lipinski definition) is 1. The van der Waals surface area contributed by atoms with Crippen LogP contribution in [0.15, 0.2) is 58.3 Å². The zero-order chi connectivity index (χ0) is 22.5. The van der Waals surface area contributed by atoms with Crippen LogP contribution in [0.3, 0.4) is 0 Å². The van der Waals surface area contributed by atoms with E-state index in [1.807, 2.05) is 0 Å². The summed E-state index contributed by atoms with van der Waals surface area (Å²) in [4.78, 5) is 12.3. The number of amides is 1. The molecule has 0 radical (unpaired) electrons. The number of carbonyl (C=O) groups is 1. The minimum Gasteiger partial charge on any atom is -0.325 e. The van der Waals surface area contributed by atoms with Gasteiger partial charge in [-0.25, -0.2) is 16.8 Å². The number of nitrogens with zero attached hydrogens (tertiary/aromatic N) is 2. The molecule has 2 aromatic rings. The molecule has 0 unspecified atom stereocenters. The van der Waals surface area contributed by atoms with E-state index in [9.17, 15) is 21.6 Å². The number of benzene rings is 2. The molecule has 0 aromatic heterocycles. The molecule has 0 saturated carbocycles. The number of rotatable bonds is 9. The van der Waals surface area contributed by atoms with E-state index in [0.717, 1.165) is 4.31 Å². The zero-order valence-corrected chi connectivity index (χ0v) is 19.3. The molecule has 2 aromatic carbocycles. The van der Waals surface area contributed by atoms with Gasteiger partial charge in [0.15, 0.2) is 0 Å². The third-order valence-electron chi connectivity index (χ3n) is 4.36. The van der Waals surface area contributed by atoms with Crippen molar-refractivity contribution < 1.29 is 21.6 Å². The van der Waals surface area contributed by atoms with Gasteiger partial charge in [0.2, 0.25) is 26.0 Å². The Bertz CT molecular complexity index is 1100. The van der Waals surface area contributed by atoms with Crippen molar-refractivity contribution in [3.05, 3.63) is 53.6 Å². The maximum absolute atomic E-state index is 12.8. The number of sulfonamides is 2. The van der Waals surface area contributed by atoms with Crippen molar-refractivity contribution in [2.45, 2.75) is 23.6 Å². The fourth-order valence-electron chi connectivity index (χ4n) is 2.74. The van der Waals surface area contributed by atoms with Crippen LogP contribution in [0, 0.1) is 0 Å². The van der Waals surface area contributed by atoms with Crippen molar-refractivity contribution in [3.8, 4) is 0 Å². The summed E-state index contributed by atoms with van der Waals surface area (Å²) in [6.45, 7) is 3.52. The van der Waals surface area contributed by atoms with Crippen LogP contribution in [-0.4, -0.2) is 58.0 Å². The van der Waals surface area contributed by atoms with Gasteiger partial charge in [-0.1, -0.05) is 43.6 Å². The molecule has 1 amide bonds. The Hall–Kier alpha value is -1.98. The quantitative estimate of drug-likeness (QED) is 0.602. The van der Waals surface area contributed by atoms with Crippen molar-refractivity contribution in [3.63, 3.8) is 0 Å². The SMILES string of the molecule is CCN(CC)S(=O)(=O)c1cc(NC(=O)CN(C)S(=O)(=O)c2ccccc2)ccc1Cl. The van der Waals surface area contributed by atoms with Gasteiger partial charge in [-0.3, -0.25) is 4.79 Å². The topological polar surface area (TPSA) is 104 Å². The van der Waals surface area contributed by atoms with Gasteiger partial charge in [0.1, 0.15) is 4.90 Å². The fourth-order valence-corrected chi connectivity index (χ4v) is 5.85. The summed E-state index contributed by atoms with van der Waals surface area (Å²) >= 11 is 6.08. The highest BCUT2D eigenvalue weighted by atomic mass is 35.5. The first-order valence-electron chi connectivity index (χ1n) is 9.15. The van der Waals surface area contributed by atoms with Crippen LogP contribution in [0.25, 0.3) is 0 Å².